The number of ether oxygens (including phenoxy) is 2. The maximum atomic E-state index is 10.3. The summed E-state index contributed by atoms with van der Waals surface area (Å²) in [5.41, 5.74) is 0. The Balaban J connectivity index is 2.08. The summed E-state index contributed by atoms with van der Waals surface area (Å²) in [5, 5.41) is 40.5. The number of hydrogen-bond acceptors (Lipinski definition) is 6. The van der Waals surface area contributed by atoms with Gasteiger partial charge in [0, 0.05) is 5.92 Å². The molecule has 0 spiro atoms. The van der Waals surface area contributed by atoms with Crippen molar-refractivity contribution in [2.75, 3.05) is 0 Å². The van der Waals surface area contributed by atoms with Gasteiger partial charge in [0.25, 0.3) is 0 Å². The van der Waals surface area contributed by atoms with E-state index in [4.69, 9.17) is 9.47 Å². The minimum absolute atomic E-state index is 0.0188. The Morgan fingerprint density at radius 2 is 1.55 bits per heavy atom. The Morgan fingerprint density at radius 1 is 0.909 bits per heavy atom. The number of hydrogen-bond donors (Lipinski definition) is 4. The minimum atomic E-state index is -0.974. The van der Waals surface area contributed by atoms with Crippen LogP contribution in [-0.2, 0) is 9.47 Å². The van der Waals surface area contributed by atoms with Gasteiger partial charge in [-0.25, -0.2) is 0 Å². The molecule has 4 N–H and O–H groups in total. The van der Waals surface area contributed by atoms with Gasteiger partial charge in [-0.05, 0) is 24.7 Å². The Bertz CT molecular complexity index is 363. The quantitative estimate of drug-likeness (QED) is 0.596. The Hall–Kier alpha value is -0.240. The Labute approximate surface area is 132 Å². The summed E-state index contributed by atoms with van der Waals surface area (Å²) >= 11 is 0. The number of aliphatic hydroxyl groups is 4. The molecule has 1 aliphatic heterocycles. The van der Waals surface area contributed by atoms with E-state index < -0.39 is 48.8 Å². The molecule has 0 aromatic carbocycles. The first-order valence-corrected chi connectivity index (χ1v) is 8.31. The monoisotopic (exact) mass is 318 g/mol. The lowest BCUT2D eigenvalue weighted by Gasteiger charge is -2.46. The highest BCUT2D eigenvalue weighted by Crippen LogP contribution is 2.35. The van der Waals surface area contributed by atoms with Crippen LogP contribution in [0.4, 0.5) is 0 Å². The first kappa shape index (κ1) is 18.1. The molecule has 2 aliphatic rings. The van der Waals surface area contributed by atoms with Crippen LogP contribution >= 0.6 is 0 Å². The predicted octanol–water partition coefficient (Wildman–Crippen LogP) is 0.262. The van der Waals surface area contributed by atoms with E-state index in [1.807, 2.05) is 20.8 Å². The normalized spacial score (nSPS) is 53.5. The molecule has 22 heavy (non-hydrogen) atoms. The fraction of sp³-hybridized carbons (Fsp3) is 1.00. The molecule has 0 amide bonds. The van der Waals surface area contributed by atoms with Gasteiger partial charge in [0.1, 0.15) is 12.2 Å². The van der Waals surface area contributed by atoms with Crippen LogP contribution in [0.3, 0.4) is 0 Å². The van der Waals surface area contributed by atoms with E-state index in [2.05, 4.69) is 0 Å². The second-order valence-corrected chi connectivity index (χ2v) is 7.06. The van der Waals surface area contributed by atoms with Gasteiger partial charge in [-0.1, -0.05) is 27.7 Å². The van der Waals surface area contributed by atoms with Crippen molar-refractivity contribution in [3.63, 3.8) is 0 Å². The molecule has 6 heteroatoms. The van der Waals surface area contributed by atoms with E-state index in [1.54, 1.807) is 6.92 Å². The topological polar surface area (TPSA) is 99.4 Å². The standard InChI is InChI=1S/C16H30O6/c1-5-10-13(19)12(18)9(4)16(21-10)22-15-8(3)6-7(2)11(17)14(15)20/h7-20H,5-6H2,1-4H3/t7-,8?,9?,10?,11?,12-,13-,14-,15-,16-/m1/s1. The molecule has 2 rings (SSSR count). The van der Waals surface area contributed by atoms with Crippen LogP contribution in [-0.4, -0.2) is 63.3 Å². The highest BCUT2D eigenvalue weighted by molar-refractivity contribution is 4.92. The molecule has 1 saturated carbocycles. The molecule has 4 unspecified atom stereocenters. The molecule has 1 aliphatic carbocycles. The third-order valence-corrected chi connectivity index (χ3v) is 5.28. The highest BCUT2D eigenvalue weighted by atomic mass is 16.7. The van der Waals surface area contributed by atoms with Crippen molar-refractivity contribution in [1.82, 2.24) is 0 Å². The van der Waals surface area contributed by atoms with E-state index in [0.717, 1.165) is 6.42 Å². The largest absolute Gasteiger partial charge is 0.390 e. The van der Waals surface area contributed by atoms with Crippen molar-refractivity contribution < 1.29 is 29.9 Å². The molecule has 130 valence electrons. The van der Waals surface area contributed by atoms with Crippen LogP contribution in [0, 0.1) is 17.8 Å². The smallest absolute Gasteiger partial charge is 0.163 e. The van der Waals surface area contributed by atoms with Crippen LogP contribution < -0.4 is 0 Å². The summed E-state index contributed by atoms with van der Waals surface area (Å²) in [7, 11) is 0. The van der Waals surface area contributed by atoms with Gasteiger partial charge < -0.3 is 29.9 Å². The molecule has 6 nitrogen and oxygen atoms in total. The molecule has 10 atom stereocenters. The van der Waals surface area contributed by atoms with Crippen LogP contribution in [0.15, 0.2) is 0 Å². The Kier molecular flexibility index (Phi) is 5.85. The van der Waals surface area contributed by atoms with E-state index in [0.29, 0.717) is 6.42 Å². The summed E-state index contributed by atoms with van der Waals surface area (Å²) in [6.07, 6.45) is -4.07. The first-order chi connectivity index (χ1) is 10.3. The van der Waals surface area contributed by atoms with Crippen molar-refractivity contribution in [2.24, 2.45) is 17.8 Å². The van der Waals surface area contributed by atoms with Crippen LogP contribution in [0.25, 0.3) is 0 Å². The zero-order valence-electron chi connectivity index (χ0n) is 13.8. The second-order valence-electron chi connectivity index (χ2n) is 7.06. The van der Waals surface area contributed by atoms with E-state index in [1.165, 1.54) is 0 Å². The van der Waals surface area contributed by atoms with E-state index in [9.17, 15) is 20.4 Å². The van der Waals surface area contributed by atoms with Gasteiger partial charge >= 0.3 is 0 Å². The van der Waals surface area contributed by atoms with E-state index in [-0.39, 0.29) is 11.8 Å². The lowest BCUT2D eigenvalue weighted by Crippen LogP contribution is -2.58. The van der Waals surface area contributed by atoms with Gasteiger partial charge in [-0.3, -0.25) is 0 Å². The fourth-order valence-corrected chi connectivity index (χ4v) is 3.66. The lowest BCUT2D eigenvalue weighted by atomic mass is 9.77. The average Bonchev–Trinajstić information content (AvgIpc) is 2.49. The summed E-state index contributed by atoms with van der Waals surface area (Å²) in [6, 6.07) is 0. The van der Waals surface area contributed by atoms with Crippen molar-refractivity contribution in [2.45, 2.75) is 83.5 Å². The van der Waals surface area contributed by atoms with Crippen molar-refractivity contribution in [1.29, 1.82) is 0 Å². The summed E-state index contributed by atoms with van der Waals surface area (Å²) in [4.78, 5) is 0. The molecule has 0 aromatic heterocycles. The third-order valence-electron chi connectivity index (χ3n) is 5.28. The second kappa shape index (κ2) is 7.11. The zero-order valence-corrected chi connectivity index (χ0v) is 13.8. The Morgan fingerprint density at radius 3 is 2.14 bits per heavy atom. The highest BCUT2D eigenvalue weighted by Gasteiger charge is 2.46. The van der Waals surface area contributed by atoms with Crippen molar-refractivity contribution in [3.8, 4) is 0 Å². The molecule has 0 bridgehead atoms. The van der Waals surface area contributed by atoms with Crippen molar-refractivity contribution >= 4 is 0 Å². The van der Waals surface area contributed by atoms with Crippen LogP contribution in [0.1, 0.15) is 40.5 Å². The fourth-order valence-electron chi connectivity index (χ4n) is 3.66. The van der Waals surface area contributed by atoms with Gasteiger partial charge in [0.05, 0.1) is 24.4 Å². The average molecular weight is 318 g/mol. The van der Waals surface area contributed by atoms with Gasteiger partial charge in [-0.15, -0.1) is 0 Å². The molecule has 0 aromatic rings. The van der Waals surface area contributed by atoms with Gasteiger partial charge in [0.15, 0.2) is 6.29 Å². The molecular weight excluding hydrogens is 288 g/mol. The van der Waals surface area contributed by atoms with Gasteiger partial charge in [0.2, 0.25) is 0 Å². The molecule has 0 radical (unpaired) electrons. The lowest BCUT2D eigenvalue weighted by molar-refractivity contribution is -0.309. The number of rotatable bonds is 3. The molecule has 2 fully saturated rings. The molecule has 1 saturated heterocycles. The third kappa shape index (κ3) is 3.32. The minimum Gasteiger partial charge on any atom is -0.390 e. The van der Waals surface area contributed by atoms with Crippen LogP contribution in [0.2, 0.25) is 0 Å². The SMILES string of the molecule is CCC1O[C@H](O[C@@H]2C(C)C[C@@H](C)C(O)[C@H]2O)C(C)[C@@H](O)[C@@H]1O. The van der Waals surface area contributed by atoms with E-state index >= 15 is 0 Å². The van der Waals surface area contributed by atoms with Crippen molar-refractivity contribution in [3.05, 3.63) is 0 Å². The summed E-state index contributed by atoms with van der Waals surface area (Å²) in [5.74, 6) is -0.313. The first-order valence-electron chi connectivity index (χ1n) is 8.31. The summed E-state index contributed by atoms with van der Waals surface area (Å²) in [6.45, 7) is 7.51. The van der Waals surface area contributed by atoms with Crippen LogP contribution in [0.5, 0.6) is 0 Å². The maximum absolute atomic E-state index is 10.3. The molecule has 1 heterocycles. The summed E-state index contributed by atoms with van der Waals surface area (Å²) < 4.78 is 11.7. The number of aliphatic hydroxyl groups excluding tert-OH is 4. The zero-order chi connectivity index (χ0) is 16.6. The predicted molar refractivity (Wildman–Crippen MR) is 80.0 cm³/mol. The maximum Gasteiger partial charge on any atom is 0.163 e. The molecular formula is C16H30O6. The van der Waals surface area contributed by atoms with Gasteiger partial charge in [-0.2, -0.15) is 0 Å².